The molecule has 0 aliphatic heterocycles. The molecule has 0 saturated carbocycles. The number of rotatable bonds is 3. The highest BCUT2D eigenvalue weighted by Crippen LogP contribution is 2.28. The van der Waals surface area contributed by atoms with Crippen LogP contribution >= 0.6 is 0 Å². The second-order valence-corrected chi connectivity index (χ2v) is 3.71. The maximum Gasteiger partial charge on any atom is 0.417 e. The summed E-state index contributed by atoms with van der Waals surface area (Å²) in [5.41, 5.74) is 0.416. The summed E-state index contributed by atoms with van der Waals surface area (Å²) in [4.78, 5) is 11.6. The highest BCUT2D eigenvalue weighted by atomic mass is 16.6. The van der Waals surface area contributed by atoms with E-state index < -0.39 is 6.09 Å². The number of carbonyl (C=O) groups is 1. The molecule has 0 heterocycles. The molecule has 2 aromatic carbocycles. The number of anilines is 1. The van der Waals surface area contributed by atoms with Gasteiger partial charge in [0.05, 0.1) is 7.11 Å². The van der Waals surface area contributed by atoms with Gasteiger partial charge in [0.25, 0.3) is 0 Å². The summed E-state index contributed by atoms with van der Waals surface area (Å²) < 4.78 is 9.96. The maximum absolute atomic E-state index is 11.6. The highest BCUT2D eigenvalue weighted by Gasteiger charge is 2.07. The quantitative estimate of drug-likeness (QED) is 0.889. The van der Waals surface area contributed by atoms with Gasteiger partial charge in [-0.25, -0.2) is 4.79 Å². The topological polar surface area (TPSA) is 67.8 Å². The van der Waals surface area contributed by atoms with Crippen LogP contribution in [0.2, 0.25) is 0 Å². The van der Waals surface area contributed by atoms with E-state index in [0.29, 0.717) is 17.2 Å². The smallest absolute Gasteiger partial charge is 0.417 e. The number of phenols is 1. The van der Waals surface area contributed by atoms with Crippen LogP contribution in [0.4, 0.5) is 10.5 Å². The predicted molar refractivity (Wildman–Crippen MR) is 70.7 cm³/mol. The zero-order valence-electron chi connectivity index (χ0n) is 10.3. The summed E-state index contributed by atoms with van der Waals surface area (Å²) in [5, 5.41) is 12.1. The molecular weight excluding hydrogens is 246 g/mol. The number of hydrogen-bond acceptors (Lipinski definition) is 4. The fourth-order valence-corrected chi connectivity index (χ4v) is 1.51. The number of para-hydroxylation sites is 1. The minimum atomic E-state index is -0.629. The Labute approximate surface area is 110 Å². The number of phenolic OH excluding ortho intramolecular Hbond substituents is 1. The summed E-state index contributed by atoms with van der Waals surface area (Å²) in [6, 6.07) is 13.2. The lowest BCUT2D eigenvalue weighted by Gasteiger charge is -2.08. The van der Waals surface area contributed by atoms with Crippen molar-refractivity contribution in [3.05, 3.63) is 48.5 Å². The highest BCUT2D eigenvalue weighted by molar-refractivity contribution is 5.86. The molecule has 0 bridgehead atoms. The molecule has 5 heteroatoms. The Morgan fingerprint density at radius 1 is 1.16 bits per heavy atom. The van der Waals surface area contributed by atoms with Gasteiger partial charge in [-0.3, -0.25) is 5.32 Å². The fraction of sp³-hybridized carbons (Fsp3) is 0.0714. The van der Waals surface area contributed by atoms with Gasteiger partial charge >= 0.3 is 6.09 Å². The molecule has 0 radical (unpaired) electrons. The van der Waals surface area contributed by atoms with E-state index in [-0.39, 0.29) is 5.75 Å². The summed E-state index contributed by atoms with van der Waals surface area (Å²) in [7, 11) is 1.45. The number of carbonyl (C=O) groups excluding carboxylic acids is 1. The molecule has 0 spiro atoms. The number of benzene rings is 2. The van der Waals surface area contributed by atoms with Crippen molar-refractivity contribution in [2.24, 2.45) is 0 Å². The Morgan fingerprint density at radius 2 is 1.89 bits per heavy atom. The van der Waals surface area contributed by atoms with Crippen molar-refractivity contribution in [3.63, 3.8) is 0 Å². The van der Waals surface area contributed by atoms with Crippen LogP contribution in [0.15, 0.2) is 48.5 Å². The van der Waals surface area contributed by atoms with Gasteiger partial charge in [-0.1, -0.05) is 18.2 Å². The summed E-state index contributed by atoms with van der Waals surface area (Å²) >= 11 is 0. The molecule has 2 rings (SSSR count). The lowest BCUT2D eigenvalue weighted by Crippen LogP contribution is -2.16. The van der Waals surface area contributed by atoms with Crippen molar-refractivity contribution < 1.29 is 19.4 Å². The van der Waals surface area contributed by atoms with Crippen molar-refractivity contribution >= 4 is 11.8 Å². The SMILES string of the molecule is COc1ccc(NC(=O)Oc2ccccc2)cc1O. The monoisotopic (exact) mass is 259 g/mol. The predicted octanol–water partition coefficient (Wildman–Crippen LogP) is 3.01. The average Bonchev–Trinajstić information content (AvgIpc) is 2.40. The summed E-state index contributed by atoms with van der Waals surface area (Å²) in [6.07, 6.45) is -0.629. The molecule has 1 amide bonds. The number of aromatic hydroxyl groups is 1. The third-order valence-electron chi connectivity index (χ3n) is 2.38. The van der Waals surface area contributed by atoms with E-state index in [9.17, 15) is 9.90 Å². The molecule has 0 saturated heterocycles. The first kappa shape index (κ1) is 12.8. The minimum absolute atomic E-state index is 0.0555. The van der Waals surface area contributed by atoms with Gasteiger partial charge in [0, 0.05) is 11.8 Å². The average molecular weight is 259 g/mol. The van der Waals surface area contributed by atoms with E-state index in [2.05, 4.69) is 5.32 Å². The lowest BCUT2D eigenvalue weighted by molar-refractivity contribution is 0.215. The van der Waals surface area contributed by atoms with Crippen molar-refractivity contribution in [3.8, 4) is 17.2 Å². The fourth-order valence-electron chi connectivity index (χ4n) is 1.51. The Kier molecular flexibility index (Phi) is 3.87. The van der Waals surface area contributed by atoms with Crippen LogP contribution in [0, 0.1) is 0 Å². The third kappa shape index (κ3) is 3.38. The molecule has 0 atom stereocenters. The van der Waals surface area contributed by atoms with Crippen LogP contribution in [0.25, 0.3) is 0 Å². The van der Waals surface area contributed by atoms with Crippen molar-refractivity contribution in [1.29, 1.82) is 0 Å². The summed E-state index contributed by atoms with van der Waals surface area (Å²) in [5.74, 6) is 0.722. The van der Waals surface area contributed by atoms with Gasteiger partial charge in [0.1, 0.15) is 5.75 Å². The van der Waals surface area contributed by atoms with E-state index in [1.807, 2.05) is 6.07 Å². The normalized spacial score (nSPS) is 9.74. The Hall–Kier alpha value is -2.69. The molecular formula is C14H13NO4. The molecule has 0 aromatic heterocycles. The second kappa shape index (κ2) is 5.77. The van der Waals surface area contributed by atoms with Crippen LogP contribution in [-0.2, 0) is 0 Å². The van der Waals surface area contributed by atoms with Crippen LogP contribution in [0.3, 0.4) is 0 Å². The van der Waals surface area contributed by atoms with Gasteiger partial charge in [-0.2, -0.15) is 0 Å². The van der Waals surface area contributed by atoms with Crippen LogP contribution < -0.4 is 14.8 Å². The first-order valence-electron chi connectivity index (χ1n) is 5.60. The minimum Gasteiger partial charge on any atom is -0.504 e. The molecule has 2 aromatic rings. The molecule has 98 valence electrons. The van der Waals surface area contributed by atoms with Crippen LogP contribution in [-0.4, -0.2) is 18.3 Å². The molecule has 19 heavy (non-hydrogen) atoms. The van der Waals surface area contributed by atoms with E-state index in [0.717, 1.165) is 0 Å². The van der Waals surface area contributed by atoms with Gasteiger partial charge < -0.3 is 14.6 Å². The van der Waals surface area contributed by atoms with Gasteiger partial charge in [0.15, 0.2) is 11.5 Å². The number of hydrogen-bond donors (Lipinski definition) is 2. The van der Waals surface area contributed by atoms with Gasteiger partial charge in [0.2, 0.25) is 0 Å². The standard InChI is InChI=1S/C14H13NO4/c1-18-13-8-7-10(9-12(13)16)15-14(17)19-11-5-3-2-4-6-11/h2-9,16H,1H3,(H,15,17). The second-order valence-electron chi connectivity index (χ2n) is 3.71. The number of ether oxygens (including phenoxy) is 2. The summed E-state index contributed by atoms with van der Waals surface area (Å²) in [6.45, 7) is 0. The van der Waals surface area contributed by atoms with E-state index in [4.69, 9.17) is 9.47 Å². The van der Waals surface area contributed by atoms with E-state index >= 15 is 0 Å². The Bertz CT molecular complexity index is 569. The number of nitrogens with one attached hydrogen (secondary N) is 1. The largest absolute Gasteiger partial charge is 0.504 e. The molecule has 0 unspecified atom stereocenters. The van der Waals surface area contributed by atoms with Crippen LogP contribution in [0.1, 0.15) is 0 Å². The van der Waals surface area contributed by atoms with Gasteiger partial charge in [-0.05, 0) is 24.3 Å². The lowest BCUT2D eigenvalue weighted by atomic mass is 10.3. The first-order valence-corrected chi connectivity index (χ1v) is 5.60. The molecule has 0 aliphatic rings. The molecule has 0 aliphatic carbocycles. The molecule has 5 nitrogen and oxygen atoms in total. The molecule has 0 fully saturated rings. The van der Waals surface area contributed by atoms with Crippen molar-refractivity contribution in [2.75, 3.05) is 12.4 Å². The number of amides is 1. The Balaban J connectivity index is 2.01. The van der Waals surface area contributed by atoms with Crippen molar-refractivity contribution in [1.82, 2.24) is 0 Å². The van der Waals surface area contributed by atoms with Crippen molar-refractivity contribution in [2.45, 2.75) is 0 Å². The maximum atomic E-state index is 11.6. The van der Waals surface area contributed by atoms with E-state index in [1.165, 1.54) is 13.2 Å². The third-order valence-corrected chi connectivity index (χ3v) is 2.38. The Morgan fingerprint density at radius 3 is 2.53 bits per heavy atom. The molecule has 2 N–H and O–H groups in total. The number of methoxy groups -OCH3 is 1. The van der Waals surface area contributed by atoms with Gasteiger partial charge in [-0.15, -0.1) is 0 Å². The van der Waals surface area contributed by atoms with Crippen LogP contribution in [0.5, 0.6) is 17.2 Å². The zero-order chi connectivity index (χ0) is 13.7. The first-order chi connectivity index (χ1) is 9.19. The van der Waals surface area contributed by atoms with E-state index in [1.54, 1.807) is 36.4 Å². The zero-order valence-corrected chi connectivity index (χ0v) is 10.3.